The molecule has 0 aliphatic rings. The molecular weight excluding hydrogens is 336 g/mol. The second-order valence-corrected chi connectivity index (χ2v) is 7.18. The summed E-state index contributed by atoms with van der Waals surface area (Å²) in [7, 11) is 0. The first kappa shape index (κ1) is 23.8. The maximum atomic E-state index is 12.4. The van der Waals surface area contributed by atoms with E-state index in [4.69, 9.17) is 5.73 Å². The molecular formula is C18H32N4O4. The molecule has 0 bridgehead atoms. The number of aryl methyl sites for hydroxylation is 1. The van der Waals surface area contributed by atoms with Crippen LogP contribution in [0.5, 0.6) is 0 Å². The molecule has 0 fully saturated rings. The summed E-state index contributed by atoms with van der Waals surface area (Å²) < 4.78 is 1.12. The van der Waals surface area contributed by atoms with E-state index < -0.39 is 22.6 Å². The lowest BCUT2D eigenvalue weighted by atomic mass is 9.90. The third-order valence-electron chi connectivity index (χ3n) is 3.42. The maximum absolute atomic E-state index is 12.4. The van der Waals surface area contributed by atoms with Crippen LogP contribution in [0.15, 0.2) is 15.8 Å². The molecule has 1 heterocycles. The minimum atomic E-state index is -0.663. The quantitative estimate of drug-likeness (QED) is 0.765. The van der Waals surface area contributed by atoms with E-state index in [0.29, 0.717) is 5.56 Å². The third kappa shape index (κ3) is 7.77. The highest BCUT2D eigenvalue weighted by atomic mass is 16.2. The molecule has 0 aliphatic carbocycles. The minimum Gasteiger partial charge on any atom is -0.333 e. The van der Waals surface area contributed by atoms with Crippen molar-refractivity contribution in [1.82, 2.24) is 14.5 Å². The van der Waals surface area contributed by atoms with Gasteiger partial charge in [0.15, 0.2) is 5.78 Å². The highest BCUT2D eigenvalue weighted by Gasteiger charge is 2.25. The Morgan fingerprint density at radius 3 is 2.23 bits per heavy atom. The minimum absolute atomic E-state index is 0.0589. The first-order valence-corrected chi connectivity index (χ1v) is 8.79. The number of aromatic amines is 1. The molecule has 1 rings (SSSR count). The summed E-state index contributed by atoms with van der Waals surface area (Å²) in [6.07, 6.45) is 2.57. The largest absolute Gasteiger partial charge is 0.333 e. The summed E-state index contributed by atoms with van der Waals surface area (Å²) in [4.78, 5) is 51.1. The normalized spacial score (nSPS) is 10.7. The molecule has 3 N–H and O–H groups in total. The third-order valence-corrected chi connectivity index (χ3v) is 3.42. The fourth-order valence-corrected chi connectivity index (χ4v) is 1.84. The Kier molecular flexibility index (Phi) is 9.79. The molecule has 0 atom stereocenters. The number of nitrogens with two attached hydrogens (primary N) is 1. The number of carbonyl (C=O) groups excluding carboxylic acids is 2. The van der Waals surface area contributed by atoms with Gasteiger partial charge in [0.25, 0.3) is 5.56 Å². The first-order chi connectivity index (χ1) is 12.0. The topological polar surface area (TPSA) is 118 Å². The molecule has 8 heteroatoms. The van der Waals surface area contributed by atoms with Crippen molar-refractivity contribution in [2.24, 2.45) is 11.1 Å². The zero-order valence-electron chi connectivity index (χ0n) is 16.7. The molecule has 148 valence electrons. The van der Waals surface area contributed by atoms with Gasteiger partial charge in [-0.3, -0.25) is 23.9 Å². The van der Waals surface area contributed by atoms with Gasteiger partial charge in [-0.1, -0.05) is 41.0 Å². The zero-order valence-corrected chi connectivity index (χ0v) is 16.7. The first-order valence-electron chi connectivity index (χ1n) is 8.79. The van der Waals surface area contributed by atoms with Gasteiger partial charge in [-0.25, -0.2) is 4.79 Å². The number of H-pyrrole nitrogens is 1. The SMILES string of the molecule is CCC.Cc1cn(CC(=O)N(CCN)CC(=O)C(C)(C)C)c(=O)[nH]c1=O. The van der Waals surface area contributed by atoms with E-state index in [1.807, 2.05) is 0 Å². The van der Waals surface area contributed by atoms with Crippen molar-refractivity contribution in [3.63, 3.8) is 0 Å². The molecule has 1 aromatic rings. The summed E-state index contributed by atoms with van der Waals surface area (Å²) in [6.45, 7) is 11.2. The number of ketones is 1. The van der Waals surface area contributed by atoms with Crippen molar-refractivity contribution in [2.45, 2.75) is 54.5 Å². The Morgan fingerprint density at radius 1 is 1.23 bits per heavy atom. The summed E-state index contributed by atoms with van der Waals surface area (Å²) >= 11 is 0. The Morgan fingerprint density at radius 2 is 1.77 bits per heavy atom. The van der Waals surface area contributed by atoms with Crippen LogP contribution >= 0.6 is 0 Å². The molecule has 0 unspecified atom stereocenters. The highest BCUT2D eigenvalue weighted by molar-refractivity contribution is 5.89. The number of nitrogens with zero attached hydrogens (tertiary/aromatic N) is 2. The van der Waals surface area contributed by atoms with Crippen molar-refractivity contribution in [2.75, 3.05) is 19.6 Å². The predicted molar refractivity (Wildman–Crippen MR) is 102 cm³/mol. The van der Waals surface area contributed by atoms with Crippen LogP contribution in [0.2, 0.25) is 0 Å². The lowest BCUT2D eigenvalue weighted by Gasteiger charge is -2.25. The number of rotatable bonds is 6. The van der Waals surface area contributed by atoms with E-state index in [-0.39, 0.29) is 32.0 Å². The van der Waals surface area contributed by atoms with Gasteiger partial charge in [-0.05, 0) is 6.92 Å². The van der Waals surface area contributed by atoms with E-state index in [9.17, 15) is 19.2 Å². The summed E-state index contributed by atoms with van der Waals surface area (Å²) in [5.41, 5.74) is 4.11. The predicted octanol–water partition coefficient (Wildman–Crippen LogP) is 0.664. The summed E-state index contributed by atoms with van der Waals surface area (Å²) in [6, 6.07) is 0. The average Bonchev–Trinajstić information content (AvgIpc) is 2.51. The zero-order chi connectivity index (χ0) is 20.5. The van der Waals surface area contributed by atoms with Gasteiger partial charge in [-0.2, -0.15) is 0 Å². The number of nitrogens with one attached hydrogen (secondary N) is 1. The lowest BCUT2D eigenvalue weighted by molar-refractivity contribution is -0.138. The molecule has 1 aromatic heterocycles. The molecule has 26 heavy (non-hydrogen) atoms. The van der Waals surface area contributed by atoms with Crippen LogP contribution in [0.1, 0.15) is 46.6 Å². The van der Waals surface area contributed by atoms with Crippen molar-refractivity contribution >= 4 is 11.7 Å². The van der Waals surface area contributed by atoms with Crippen molar-refractivity contribution in [3.8, 4) is 0 Å². The van der Waals surface area contributed by atoms with Gasteiger partial charge >= 0.3 is 5.69 Å². The molecule has 0 saturated heterocycles. The van der Waals surface area contributed by atoms with Crippen LogP contribution in [0, 0.1) is 12.3 Å². The number of hydrogen-bond acceptors (Lipinski definition) is 5. The Balaban J connectivity index is 0.00000194. The Bertz CT molecular complexity index is 713. The van der Waals surface area contributed by atoms with Gasteiger partial charge < -0.3 is 10.6 Å². The van der Waals surface area contributed by atoms with Crippen molar-refractivity contribution in [1.29, 1.82) is 0 Å². The van der Waals surface area contributed by atoms with E-state index in [1.54, 1.807) is 27.7 Å². The van der Waals surface area contributed by atoms with Gasteiger partial charge in [0.2, 0.25) is 5.91 Å². The molecule has 0 spiro atoms. The highest BCUT2D eigenvalue weighted by Crippen LogP contribution is 2.15. The van der Waals surface area contributed by atoms with Crippen molar-refractivity contribution in [3.05, 3.63) is 32.6 Å². The molecule has 0 aliphatic heterocycles. The molecule has 0 radical (unpaired) electrons. The van der Waals surface area contributed by atoms with Crippen LogP contribution < -0.4 is 17.0 Å². The van der Waals surface area contributed by atoms with Gasteiger partial charge in [0, 0.05) is 30.3 Å². The molecule has 8 nitrogen and oxygen atoms in total. The van der Waals surface area contributed by atoms with Crippen LogP contribution in [-0.4, -0.2) is 45.8 Å². The van der Waals surface area contributed by atoms with Crippen LogP contribution in [0.3, 0.4) is 0 Å². The van der Waals surface area contributed by atoms with E-state index in [2.05, 4.69) is 18.8 Å². The van der Waals surface area contributed by atoms with Crippen LogP contribution in [0.25, 0.3) is 0 Å². The Hall–Kier alpha value is -2.22. The lowest BCUT2D eigenvalue weighted by Crippen LogP contribution is -2.45. The fourth-order valence-electron chi connectivity index (χ4n) is 1.84. The smallest absolute Gasteiger partial charge is 0.328 e. The maximum Gasteiger partial charge on any atom is 0.328 e. The van der Waals surface area contributed by atoms with E-state index in [1.165, 1.54) is 17.5 Å². The summed E-state index contributed by atoms with van der Waals surface area (Å²) in [5, 5.41) is 0. The van der Waals surface area contributed by atoms with Gasteiger partial charge in [-0.15, -0.1) is 0 Å². The van der Waals surface area contributed by atoms with Gasteiger partial charge in [0.1, 0.15) is 6.54 Å². The van der Waals surface area contributed by atoms with Crippen LogP contribution in [-0.2, 0) is 16.1 Å². The summed E-state index contributed by atoms with van der Waals surface area (Å²) in [5.74, 6) is -0.495. The second-order valence-electron chi connectivity index (χ2n) is 7.18. The van der Waals surface area contributed by atoms with E-state index >= 15 is 0 Å². The number of amides is 1. The number of hydrogen-bond donors (Lipinski definition) is 2. The Labute approximate surface area is 154 Å². The van der Waals surface area contributed by atoms with E-state index in [0.717, 1.165) is 4.57 Å². The molecule has 1 amide bonds. The molecule has 0 aromatic carbocycles. The monoisotopic (exact) mass is 368 g/mol. The van der Waals surface area contributed by atoms with Gasteiger partial charge in [0.05, 0.1) is 6.54 Å². The fraction of sp³-hybridized carbons (Fsp3) is 0.667. The van der Waals surface area contributed by atoms with Crippen molar-refractivity contribution < 1.29 is 9.59 Å². The average molecular weight is 368 g/mol. The standard InChI is InChI=1S/C15H24N4O4.C3H8/c1-10-7-19(14(23)17-13(10)22)9-12(21)18(6-5-16)8-11(20)15(2,3)4;1-3-2/h7H,5-6,8-9,16H2,1-4H3,(H,17,22,23);3H2,1-2H3. The molecule has 0 saturated carbocycles. The number of aromatic nitrogens is 2. The number of Topliss-reactive ketones (excluding diaryl/α,β-unsaturated/α-hetero) is 1. The number of carbonyl (C=O) groups is 2. The second kappa shape index (κ2) is 10.7. The van der Waals surface area contributed by atoms with Crippen LogP contribution in [0.4, 0.5) is 0 Å².